The molecule has 0 aliphatic heterocycles. The Labute approximate surface area is 106 Å². The van der Waals surface area contributed by atoms with Crippen molar-refractivity contribution >= 4 is 23.4 Å². The third kappa shape index (κ3) is 5.21. The highest BCUT2D eigenvalue weighted by atomic mass is 35.5. The zero-order chi connectivity index (χ0) is 11.8. The summed E-state index contributed by atoms with van der Waals surface area (Å²) in [5, 5.41) is 13.1. The van der Waals surface area contributed by atoms with Gasteiger partial charge in [-0.2, -0.15) is 0 Å². The van der Waals surface area contributed by atoms with Crippen LogP contribution in [-0.4, -0.2) is 30.1 Å². The molecule has 1 aromatic carbocycles. The molecule has 0 aliphatic rings. The van der Waals surface area contributed by atoms with Crippen molar-refractivity contribution in [3.05, 3.63) is 29.3 Å². The monoisotopic (exact) mass is 259 g/mol. The SMILES string of the molecule is CCNC(CO)CCSc1cccc(Cl)c1. The van der Waals surface area contributed by atoms with E-state index in [0.717, 1.165) is 23.7 Å². The fourth-order valence-corrected chi connectivity index (χ4v) is 2.70. The van der Waals surface area contributed by atoms with E-state index in [1.165, 1.54) is 4.90 Å². The molecule has 0 aliphatic carbocycles. The molecule has 0 spiro atoms. The molecule has 1 aromatic rings. The highest BCUT2D eigenvalue weighted by Crippen LogP contribution is 2.22. The van der Waals surface area contributed by atoms with Crippen molar-refractivity contribution in [2.24, 2.45) is 0 Å². The van der Waals surface area contributed by atoms with Crippen LogP contribution >= 0.6 is 23.4 Å². The summed E-state index contributed by atoms with van der Waals surface area (Å²) >= 11 is 7.67. The molecule has 2 nitrogen and oxygen atoms in total. The van der Waals surface area contributed by atoms with Crippen molar-refractivity contribution in [3.63, 3.8) is 0 Å². The molecular weight excluding hydrogens is 242 g/mol. The van der Waals surface area contributed by atoms with Crippen LogP contribution in [0.5, 0.6) is 0 Å². The molecule has 2 N–H and O–H groups in total. The van der Waals surface area contributed by atoms with E-state index in [-0.39, 0.29) is 12.6 Å². The zero-order valence-corrected chi connectivity index (χ0v) is 11.0. The normalized spacial score (nSPS) is 12.7. The van der Waals surface area contributed by atoms with Gasteiger partial charge in [0, 0.05) is 16.0 Å². The minimum Gasteiger partial charge on any atom is -0.395 e. The lowest BCUT2D eigenvalue weighted by molar-refractivity contribution is 0.242. The van der Waals surface area contributed by atoms with Gasteiger partial charge in [0.1, 0.15) is 0 Å². The van der Waals surface area contributed by atoms with E-state index in [4.69, 9.17) is 16.7 Å². The van der Waals surface area contributed by atoms with Crippen LogP contribution in [-0.2, 0) is 0 Å². The predicted octanol–water partition coefficient (Wildman–Crippen LogP) is 2.79. The number of likely N-dealkylation sites (N-methyl/N-ethyl adjacent to an activating group) is 1. The number of nitrogens with one attached hydrogen (secondary N) is 1. The first kappa shape index (κ1) is 13.8. The van der Waals surface area contributed by atoms with E-state index in [9.17, 15) is 0 Å². The van der Waals surface area contributed by atoms with Gasteiger partial charge in [-0.15, -0.1) is 11.8 Å². The fourth-order valence-electron chi connectivity index (χ4n) is 1.42. The molecule has 0 amide bonds. The van der Waals surface area contributed by atoms with E-state index >= 15 is 0 Å². The third-order valence-electron chi connectivity index (χ3n) is 2.24. The molecule has 90 valence electrons. The van der Waals surface area contributed by atoms with Gasteiger partial charge in [-0.1, -0.05) is 24.6 Å². The Morgan fingerprint density at radius 3 is 2.94 bits per heavy atom. The largest absolute Gasteiger partial charge is 0.395 e. The summed E-state index contributed by atoms with van der Waals surface area (Å²) in [5.74, 6) is 0.985. The van der Waals surface area contributed by atoms with Crippen molar-refractivity contribution in [1.82, 2.24) is 5.32 Å². The Kier molecular flexibility index (Phi) is 6.88. The van der Waals surface area contributed by atoms with Gasteiger partial charge in [-0.05, 0) is 36.9 Å². The molecule has 0 heterocycles. The van der Waals surface area contributed by atoms with Gasteiger partial charge >= 0.3 is 0 Å². The Bertz CT molecular complexity index is 309. The maximum atomic E-state index is 9.11. The fraction of sp³-hybridized carbons (Fsp3) is 0.500. The second kappa shape index (κ2) is 7.96. The van der Waals surface area contributed by atoms with Gasteiger partial charge in [0.05, 0.1) is 6.61 Å². The summed E-state index contributed by atoms with van der Waals surface area (Å²) in [7, 11) is 0. The molecule has 0 saturated carbocycles. The van der Waals surface area contributed by atoms with Gasteiger partial charge in [-0.3, -0.25) is 0 Å². The number of thioether (sulfide) groups is 1. The molecule has 0 saturated heterocycles. The number of halogens is 1. The highest BCUT2D eigenvalue weighted by molar-refractivity contribution is 7.99. The molecule has 1 unspecified atom stereocenters. The minimum atomic E-state index is 0.198. The smallest absolute Gasteiger partial charge is 0.0584 e. The summed E-state index contributed by atoms with van der Waals surface area (Å²) in [4.78, 5) is 1.18. The lowest BCUT2D eigenvalue weighted by Gasteiger charge is -2.14. The summed E-state index contributed by atoms with van der Waals surface area (Å²) in [5.41, 5.74) is 0. The standard InChI is InChI=1S/C12H18ClNOS/c1-2-14-11(9-15)6-7-16-12-5-3-4-10(13)8-12/h3-5,8,11,14-15H,2,6-7,9H2,1H3. The van der Waals surface area contributed by atoms with Crippen molar-refractivity contribution in [1.29, 1.82) is 0 Å². The molecule has 16 heavy (non-hydrogen) atoms. The third-order valence-corrected chi connectivity index (χ3v) is 3.51. The van der Waals surface area contributed by atoms with Crippen LogP contribution in [0.1, 0.15) is 13.3 Å². The summed E-state index contributed by atoms with van der Waals surface area (Å²) in [6, 6.07) is 8.06. The van der Waals surface area contributed by atoms with Crippen LogP contribution in [0.2, 0.25) is 5.02 Å². The number of aliphatic hydroxyl groups excluding tert-OH is 1. The Balaban J connectivity index is 2.29. The van der Waals surface area contributed by atoms with Crippen LogP contribution in [0.4, 0.5) is 0 Å². The van der Waals surface area contributed by atoms with E-state index in [1.54, 1.807) is 11.8 Å². The maximum Gasteiger partial charge on any atom is 0.0584 e. The number of hydrogen-bond donors (Lipinski definition) is 2. The van der Waals surface area contributed by atoms with E-state index < -0.39 is 0 Å². The lowest BCUT2D eigenvalue weighted by atomic mass is 10.2. The Morgan fingerprint density at radius 2 is 2.31 bits per heavy atom. The van der Waals surface area contributed by atoms with Crippen molar-refractivity contribution in [2.45, 2.75) is 24.3 Å². The maximum absolute atomic E-state index is 9.11. The van der Waals surface area contributed by atoms with E-state index in [2.05, 4.69) is 11.4 Å². The van der Waals surface area contributed by atoms with Gasteiger partial charge in [0.25, 0.3) is 0 Å². The Hall–Kier alpha value is -0.220. The molecule has 0 aromatic heterocycles. The number of hydrogen-bond acceptors (Lipinski definition) is 3. The van der Waals surface area contributed by atoms with Gasteiger partial charge in [0.2, 0.25) is 0 Å². The molecule has 0 radical (unpaired) electrons. The number of aliphatic hydroxyl groups is 1. The van der Waals surface area contributed by atoms with E-state index in [0.29, 0.717) is 0 Å². The topological polar surface area (TPSA) is 32.3 Å². The van der Waals surface area contributed by atoms with Crippen molar-refractivity contribution < 1.29 is 5.11 Å². The second-order valence-corrected chi connectivity index (χ2v) is 5.14. The van der Waals surface area contributed by atoms with E-state index in [1.807, 2.05) is 25.1 Å². The molecular formula is C12H18ClNOS. The van der Waals surface area contributed by atoms with Crippen LogP contribution in [0.3, 0.4) is 0 Å². The number of benzene rings is 1. The quantitative estimate of drug-likeness (QED) is 0.739. The number of rotatable bonds is 7. The van der Waals surface area contributed by atoms with Crippen LogP contribution < -0.4 is 5.32 Å². The first-order chi connectivity index (χ1) is 7.76. The summed E-state index contributed by atoms with van der Waals surface area (Å²) in [6.45, 7) is 3.14. The molecule has 1 atom stereocenters. The van der Waals surface area contributed by atoms with Crippen molar-refractivity contribution in [3.8, 4) is 0 Å². The van der Waals surface area contributed by atoms with Crippen molar-refractivity contribution in [2.75, 3.05) is 18.9 Å². The minimum absolute atomic E-state index is 0.198. The first-order valence-corrected chi connectivity index (χ1v) is 6.85. The molecule has 0 fully saturated rings. The summed E-state index contributed by atoms with van der Waals surface area (Å²) in [6.07, 6.45) is 0.960. The first-order valence-electron chi connectivity index (χ1n) is 5.49. The van der Waals surface area contributed by atoms with Crippen LogP contribution in [0.25, 0.3) is 0 Å². The molecule has 0 bridgehead atoms. The molecule has 4 heteroatoms. The van der Waals surface area contributed by atoms with Gasteiger partial charge in [0.15, 0.2) is 0 Å². The second-order valence-electron chi connectivity index (χ2n) is 3.53. The lowest BCUT2D eigenvalue weighted by Crippen LogP contribution is -2.32. The van der Waals surface area contributed by atoms with Gasteiger partial charge < -0.3 is 10.4 Å². The highest BCUT2D eigenvalue weighted by Gasteiger charge is 2.05. The Morgan fingerprint density at radius 1 is 1.50 bits per heavy atom. The van der Waals surface area contributed by atoms with Crippen LogP contribution in [0, 0.1) is 0 Å². The van der Waals surface area contributed by atoms with Crippen LogP contribution in [0.15, 0.2) is 29.2 Å². The predicted molar refractivity (Wildman–Crippen MR) is 71.3 cm³/mol. The average Bonchev–Trinajstić information content (AvgIpc) is 2.28. The zero-order valence-electron chi connectivity index (χ0n) is 9.45. The van der Waals surface area contributed by atoms with Gasteiger partial charge in [-0.25, -0.2) is 0 Å². The summed E-state index contributed by atoms with van der Waals surface area (Å²) < 4.78 is 0. The molecule has 1 rings (SSSR count). The average molecular weight is 260 g/mol.